The smallest absolute Gasteiger partial charge is 0.317 e. The van der Waals surface area contributed by atoms with E-state index in [2.05, 4.69) is 16.8 Å². The average Bonchev–Trinajstić information content (AvgIpc) is 2.79. The van der Waals surface area contributed by atoms with Crippen LogP contribution in [0, 0.1) is 11.8 Å². The normalized spacial score (nSPS) is 18.5. The van der Waals surface area contributed by atoms with Gasteiger partial charge in [-0.05, 0) is 48.9 Å². The molecule has 31 heavy (non-hydrogen) atoms. The van der Waals surface area contributed by atoms with E-state index in [0.717, 1.165) is 16.0 Å². The van der Waals surface area contributed by atoms with Gasteiger partial charge in [0, 0.05) is 30.6 Å². The molecule has 3 aromatic rings. The SMILES string of the molecule is CN1C(=O)N(c2ccc(C#Cc3ccccc3)cc2Cl)C(=O)CC1(C)c1cccnc1. The zero-order valence-corrected chi connectivity index (χ0v) is 17.9. The lowest BCUT2D eigenvalue weighted by atomic mass is 9.86. The summed E-state index contributed by atoms with van der Waals surface area (Å²) in [6.45, 7) is 1.86. The van der Waals surface area contributed by atoms with Crippen molar-refractivity contribution in [3.63, 3.8) is 0 Å². The monoisotopic (exact) mass is 429 g/mol. The lowest BCUT2D eigenvalue weighted by Crippen LogP contribution is -2.60. The Morgan fingerprint density at radius 3 is 2.42 bits per heavy atom. The molecular weight excluding hydrogens is 410 g/mol. The fourth-order valence-corrected chi connectivity index (χ4v) is 3.87. The summed E-state index contributed by atoms with van der Waals surface area (Å²) >= 11 is 6.47. The Hall–Kier alpha value is -3.62. The molecule has 6 heteroatoms. The van der Waals surface area contributed by atoms with E-state index in [-0.39, 0.29) is 12.3 Å². The van der Waals surface area contributed by atoms with Gasteiger partial charge in [-0.3, -0.25) is 9.78 Å². The summed E-state index contributed by atoms with van der Waals surface area (Å²) in [5.74, 6) is 5.81. The highest BCUT2D eigenvalue weighted by Gasteiger charge is 2.46. The Morgan fingerprint density at radius 1 is 1.00 bits per heavy atom. The molecule has 0 aliphatic carbocycles. The molecule has 2 aromatic carbocycles. The fraction of sp³-hybridized carbons (Fsp3) is 0.160. The predicted octanol–water partition coefficient (Wildman–Crippen LogP) is 4.84. The number of benzene rings is 2. The number of urea groups is 1. The Bertz CT molecular complexity index is 1200. The summed E-state index contributed by atoms with van der Waals surface area (Å²) in [4.78, 5) is 33.1. The first-order valence-electron chi connectivity index (χ1n) is 9.78. The third kappa shape index (κ3) is 3.90. The molecule has 0 radical (unpaired) electrons. The van der Waals surface area contributed by atoms with E-state index in [9.17, 15) is 9.59 Å². The molecule has 4 rings (SSSR count). The van der Waals surface area contributed by atoms with Crippen LogP contribution in [0.1, 0.15) is 30.0 Å². The molecule has 1 fully saturated rings. The number of carbonyl (C=O) groups excluding carboxylic acids is 2. The van der Waals surface area contributed by atoms with Gasteiger partial charge in [0.05, 0.1) is 22.7 Å². The highest BCUT2D eigenvalue weighted by Crippen LogP contribution is 2.39. The molecule has 5 nitrogen and oxygen atoms in total. The molecule has 0 spiro atoms. The Balaban J connectivity index is 1.62. The van der Waals surface area contributed by atoms with Crippen LogP contribution in [0.3, 0.4) is 0 Å². The zero-order valence-electron chi connectivity index (χ0n) is 17.2. The molecule has 1 saturated heterocycles. The number of carbonyl (C=O) groups is 2. The van der Waals surface area contributed by atoms with Crippen molar-refractivity contribution in [2.24, 2.45) is 0 Å². The van der Waals surface area contributed by atoms with Crippen LogP contribution in [0.25, 0.3) is 0 Å². The van der Waals surface area contributed by atoms with Crippen molar-refractivity contribution in [3.05, 3.63) is 94.8 Å². The first-order chi connectivity index (χ1) is 14.9. The van der Waals surface area contributed by atoms with Gasteiger partial charge in [-0.15, -0.1) is 0 Å². The summed E-state index contributed by atoms with van der Waals surface area (Å²) < 4.78 is 0. The lowest BCUT2D eigenvalue weighted by molar-refractivity contribution is -0.122. The number of halogens is 1. The number of pyridine rings is 1. The second-order valence-corrected chi connectivity index (χ2v) is 7.95. The van der Waals surface area contributed by atoms with Crippen LogP contribution in [0.15, 0.2) is 73.1 Å². The Kier molecular flexibility index (Phi) is 5.50. The minimum absolute atomic E-state index is 0.118. The summed E-state index contributed by atoms with van der Waals surface area (Å²) in [5, 5.41) is 0.292. The summed E-state index contributed by atoms with van der Waals surface area (Å²) in [5.41, 5.74) is 1.95. The topological polar surface area (TPSA) is 53.5 Å². The van der Waals surface area contributed by atoms with E-state index in [0.29, 0.717) is 16.3 Å². The number of hydrogen-bond acceptors (Lipinski definition) is 3. The predicted molar refractivity (Wildman–Crippen MR) is 121 cm³/mol. The van der Waals surface area contributed by atoms with E-state index < -0.39 is 11.6 Å². The number of imide groups is 1. The highest BCUT2D eigenvalue weighted by atomic mass is 35.5. The molecule has 0 saturated carbocycles. The van der Waals surface area contributed by atoms with Crippen molar-refractivity contribution in [3.8, 4) is 11.8 Å². The molecule has 1 aromatic heterocycles. The average molecular weight is 430 g/mol. The number of anilines is 1. The van der Waals surface area contributed by atoms with E-state index >= 15 is 0 Å². The van der Waals surface area contributed by atoms with Gasteiger partial charge in [-0.2, -0.15) is 0 Å². The number of rotatable bonds is 2. The van der Waals surface area contributed by atoms with Crippen molar-refractivity contribution in [1.29, 1.82) is 0 Å². The molecule has 1 unspecified atom stereocenters. The minimum Gasteiger partial charge on any atom is -0.317 e. The molecular formula is C25H20ClN3O2. The van der Waals surface area contributed by atoms with Crippen LogP contribution < -0.4 is 4.90 Å². The van der Waals surface area contributed by atoms with Crippen molar-refractivity contribution in [1.82, 2.24) is 9.88 Å². The van der Waals surface area contributed by atoms with Crippen molar-refractivity contribution in [2.75, 3.05) is 11.9 Å². The second-order valence-electron chi connectivity index (χ2n) is 7.55. The highest BCUT2D eigenvalue weighted by molar-refractivity contribution is 6.35. The molecule has 1 atom stereocenters. The number of hydrogen-bond donors (Lipinski definition) is 0. The van der Waals surface area contributed by atoms with Gasteiger partial charge in [0.2, 0.25) is 5.91 Å². The Morgan fingerprint density at radius 2 is 1.74 bits per heavy atom. The van der Waals surface area contributed by atoms with Crippen molar-refractivity contribution >= 4 is 29.2 Å². The maximum Gasteiger partial charge on any atom is 0.331 e. The van der Waals surface area contributed by atoms with Crippen LogP contribution in [0.5, 0.6) is 0 Å². The summed E-state index contributed by atoms with van der Waals surface area (Å²) in [7, 11) is 1.68. The molecule has 1 aliphatic rings. The molecule has 1 aliphatic heterocycles. The minimum atomic E-state index is -0.785. The third-order valence-electron chi connectivity index (χ3n) is 5.56. The quantitative estimate of drug-likeness (QED) is 0.548. The molecule has 154 valence electrons. The van der Waals surface area contributed by atoms with Gasteiger partial charge < -0.3 is 4.90 Å². The van der Waals surface area contributed by atoms with Crippen LogP contribution in [-0.2, 0) is 10.3 Å². The van der Waals surface area contributed by atoms with Gasteiger partial charge >= 0.3 is 6.03 Å². The van der Waals surface area contributed by atoms with Crippen LogP contribution in [0.2, 0.25) is 5.02 Å². The molecule has 0 N–H and O–H groups in total. The molecule has 0 bridgehead atoms. The first-order valence-corrected chi connectivity index (χ1v) is 10.2. The van der Waals surface area contributed by atoms with Crippen molar-refractivity contribution in [2.45, 2.75) is 18.9 Å². The van der Waals surface area contributed by atoms with Gasteiger partial charge in [-0.1, -0.05) is 47.7 Å². The zero-order chi connectivity index (χ0) is 22.0. The van der Waals surface area contributed by atoms with E-state index in [1.807, 2.05) is 43.3 Å². The van der Waals surface area contributed by atoms with E-state index in [1.54, 1.807) is 48.6 Å². The van der Waals surface area contributed by atoms with Crippen LogP contribution in [-0.4, -0.2) is 28.9 Å². The van der Waals surface area contributed by atoms with Gasteiger partial charge in [-0.25, -0.2) is 9.69 Å². The summed E-state index contributed by atoms with van der Waals surface area (Å²) in [6, 6.07) is 17.9. The lowest BCUT2D eigenvalue weighted by Gasteiger charge is -2.45. The standard InChI is InChI=1S/C25H20ClN3O2/c1-25(20-9-6-14-27-17-20)16-23(30)29(24(31)28(25)2)22-13-12-19(15-21(22)26)11-10-18-7-4-3-5-8-18/h3-9,12-15,17H,16H2,1-2H3. The van der Waals surface area contributed by atoms with E-state index in [1.165, 1.54) is 0 Å². The number of nitrogens with zero attached hydrogens (tertiary/aromatic N) is 3. The van der Waals surface area contributed by atoms with Crippen molar-refractivity contribution < 1.29 is 9.59 Å². The first kappa shape index (κ1) is 20.6. The Labute approximate surface area is 186 Å². The maximum atomic E-state index is 13.2. The van der Waals surface area contributed by atoms with Gasteiger partial charge in [0.1, 0.15) is 0 Å². The third-order valence-corrected chi connectivity index (χ3v) is 5.86. The number of aromatic nitrogens is 1. The van der Waals surface area contributed by atoms with Crippen LogP contribution in [0.4, 0.5) is 10.5 Å². The molecule has 2 heterocycles. The number of amides is 3. The molecule has 3 amide bonds. The second kappa shape index (κ2) is 8.25. The van der Waals surface area contributed by atoms with Crippen LogP contribution >= 0.6 is 11.6 Å². The van der Waals surface area contributed by atoms with E-state index in [4.69, 9.17) is 11.6 Å². The summed E-state index contributed by atoms with van der Waals surface area (Å²) in [6.07, 6.45) is 3.46. The maximum absolute atomic E-state index is 13.2. The van der Waals surface area contributed by atoms with Gasteiger partial charge in [0.15, 0.2) is 0 Å². The van der Waals surface area contributed by atoms with Gasteiger partial charge in [0.25, 0.3) is 0 Å². The largest absolute Gasteiger partial charge is 0.331 e. The fourth-order valence-electron chi connectivity index (χ4n) is 3.61.